The molecule has 2 saturated heterocycles. The van der Waals surface area contributed by atoms with Crippen LogP contribution in [-0.4, -0.2) is 52.4 Å². The van der Waals surface area contributed by atoms with Gasteiger partial charge in [0.1, 0.15) is 0 Å². The molecule has 2 N–H and O–H groups in total. The minimum absolute atomic E-state index is 0. The van der Waals surface area contributed by atoms with Crippen molar-refractivity contribution < 1.29 is 4.79 Å². The molecule has 2 unspecified atom stereocenters. The van der Waals surface area contributed by atoms with Crippen molar-refractivity contribution in [2.24, 2.45) is 5.73 Å². The molecule has 2 aliphatic rings. The quantitative estimate of drug-likeness (QED) is 0.876. The van der Waals surface area contributed by atoms with Gasteiger partial charge in [-0.15, -0.1) is 24.8 Å². The molecule has 2 aliphatic heterocycles. The highest BCUT2D eigenvalue weighted by Gasteiger charge is 2.35. The summed E-state index contributed by atoms with van der Waals surface area (Å²) in [5.41, 5.74) is 7.10. The number of aromatic nitrogens is 1. The number of nitrogens with two attached hydrogens (primary N) is 1. The maximum absolute atomic E-state index is 12.8. The Bertz CT molecular complexity index is 529. The lowest BCUT2D eigenvalue weighted by Gasteiger charge is -2.47. The molecule has 0 saturated carbocycles. The van der Waals surface area contributed by atoms with E-state index in [1.807, 2.05) is 11.0 Å². The molecular formula is C16H26Cl2N4O. The van der Waals surface area contributed by atoms with Crippen molar-refractivity contribution in [2.45, 2.75) is 44.8 Å². The van der Waals surface area contributed by atoms with Crippen molar-refractivity contribution in [3.8, 4) is 0 Å². The number of piperidine rings is 1. The molecule has 1 aromatic heterocycles. The van der Waals surface area contributed by atoms with Gasteiger partial charge in [-0.3, -0.25) is 14.7 Å². The van der Waals surface area contributed by atoms with Crippen LogP contribution in [0.25, 0.3) is 0 Å². The van der Waals surface area contributed by atoms with E-state index in [-0.39, 0.29) is 36.8 Å². The van der Waals surface area contributed by atoms with E-state index < -0.39 is 0 Å². The van der Waals surface area contributed by atoms with Crippen LogP contribution >= 0.6 is 24.8 Å². The lowest BCUT2D eigenvalue weighted by molar-refractivity contribution is 0.0151. The second-order valence-corrected chi connectivity index (χ2v) is 6.19. The molecule has 23 heavy (non-hydrogen) atoms. The van der Waals surface area contributed by atoms with E-state index in [4.69, 9.17) is 5.73 Å². The molecule has 3 heterocycles. The van der Waals surface area contributed by atoms with Crippen molar-refractivity contribution >= 4 is 30.7 Å². The Labute approximate surface area is 150 Å². The molecule has 1 aromatic rings. The SMILES string of the molecule is CC1CN2CCCCC2CN1C(=O)c1ccnc(CN)c1.Cl.Cl. The normalized spacial score (nSPS) is 24.2. The van der Waals surface area contributed by atoms with E-state index in [9.17, 15) is 4.79 Å². The summed E-state index contributed by atoms with van der Waals surface area (Å²) in [7, 11) is 0. The smallest absolute Gasteiger partial charge is 0.254 e. The number of pyridine rings is 1. The summed E-state index contributed by atoms with van der Waals surface area (Å²) in [4.78, 5) is 21.5. The van der Waals surface area contributed by atoms with Crippen molar-refractivity contribution in [2.75, 3.05) is 19.6 Å². The molecule has 1 amide bonds. The van der Waals surface area contributed by atoms with Gasteiger partial charge in [-0.25, -0.2) is 0 Å². The molecule has 3 rings (SSSR count). The molecule has 0 aromatic carbocycles. The molecule has 0 bridgehead atoms. The van der Waals surface area contributed by atoms with Gasteiger partial charge in [-0.05, 0) is 38.4 Å². The standard InChI is InChI=1S/C16H24N4O.2ClH/c1-12-10-19-7-3-2-4-15(19)11-20(12)16(21)13-5-6-18-14(8-13)9-17;;/h5-6,8,12,15H,2-4,7,9-11,17H2,1H3;2*1H. The summed E-state index contributed by atoms with van der Waals surface area (Å²) in [6, 6.07) is 4.42. The van der Waals surface area contributed by atoms with E-state index in [2.05, 4.69) is 16.8 Å². The largest absolute Gasteiger partial charge is 0.333 e. The minimum atomic E-state index is 0. The average Bonchev–Trinajstić information content (AvgIpc) is 2.53. The molecule has 130 valence electrons. The molecular weight excluding hydrogens is 335 g/mol. The second kappa shape index (κ2) is 8.83. The van der Waals surface area contributed by atoms with Crippen LogP contribution in [-0.2, 0) is 6.54 Å². The zero-order chi connectivity index (χ0) is 14.8. The first-order valence-electron chi connectivity index (χ1n) is 7.89. The van der Waals surface area contributed by atoms with Crippen molar-refractivity contribution in [3.63, 3.8) is 0 Å². The first kappa shape index (κ1) is 20.2. The molecule has 2 atom stereocenters. The number of piperazine rings is 1. The van der Waals surface area contributed by atoms with Crippen molar-refractivity contribution in [1.29, 1.82) is 0 Å². The van der Waals surface area contributed by atoms with Crippen LogP contribution < -0.4 is 5.73 Å². The number of carbonyl (C=O) groups excluding carboxylic acids is 1. The van der Waals surface area contributed by atoms with Crippen LogP contribution in [0.2, 0.25) is 0 Å². The Morgan fingerprint density at radius 2 is 2.13 bits per heavy atom. The number of fused-ring (bicyclic) bond motifs is 1. The molecule has 2 fully saturated rings. The van der Waals surface area contributed by atoms with Gasteiger partial charge in [0, 0.05) is 43.5 Å². The summed E-state index contributed by atoms with van der Waals surface area (Å²) in [6.07, 6.45) is 5.46. The summed E-state index contributed by atoms with van der Waals surface area (Å²) in [5.74, 6) is 0.116. The fraction of sp³-hybridized carbons (Fsp3) is 0.625. The van der Waals surface area contributed by atoms with Crippen molar-refractivity contribution in [3.05, 3.63) is 29.6 Å². The monoisotopic (exact) mass is 360 g/mol. The first-order valence-corrected chi connectivity index (χ1v) is 7.89. The second-order valence-electron chi connectivity index (χ2n) is 6.19. The average molecular weight is 361 g/mol. The van der Waals surface area contributed by atoms with E-state index in [0.29, 0.717) is 18.2 Å². The Morgan fingerprint density at radius 3 is 2.87 bits per heavy atom. The van der Waals surface area contributed by atoms with Gasteiger partial charge >= 0.3 is 0 Å². The Hall–Kier alpha value is -0.880. The van der Waals surface area contributed by atoms with Gasteiger partial charge in [0.2, 0.25) is 0 Å². The zero-order valence-corrected chi connectivity index (χ0v) is 15.1. The molecule has 0 radical (unpaired) electrons. The van der Waals surface area contributed by atoms with Gasteiger partial charge in [0.05, 0.1) is 5.69 Å². The molecule has 0 spiro atoms. The lowest BCUT2D eigenvalue weighted by atomic mass is 9.96. The third-order valence-electron chi connectivity index (χ3n) is 4.72. The van der Waals surface area contributed by atoms with Gasteiger partial charge in [-0.2, -0.15) is 0 Å². The van der Waals surface area contributed by atoms with Crippen LogP contribution in [0.3, 0.4) is 0 Å². The highest BCUT2D eigenvalue weighted by Crippen LogP contribution is 2.25. The van der Waals surface area contributed by atoms with Gasteiger partial charge < -0.3 is 10.6 Å². The fourth-order valence-electron chi connectivity index (χ4n) is 3.52. The topological polar surface area (TPSA) is 62.5 Å². The first-order chi connectivity index (χ1) is 10.2. The Morgan fingerprint density at radius 1 is 1.35 bits per heavy atom. The highest BCUT2D eigenvalue weighted by atomic mass is 35.5. The lowest BCUT2D eigenvalue weighted by Crippen LogP contribution is -2.60. The zero-order valence-electron chi connectivity index (χ0n) is 13.5. The van der Waals surface area contributed by atoms with E-state index >= 15 is 0 Å². The molecule has 5 nitrogen and oxygen atoms in total. The summed E-state index contributed by atoms with van der Waals surface area (Å²) in [6.45, 7) is 5.54. The summed E-state index contributed by atoms with van der Waals surface area (Å²) in [5, 5.41) is 0. The number of rotatable bonds is 2. The van der Waals surface area contributed by atoms with Crippen LogP contribution in [0.5, 0.6) is 0 Å². The van der Waals surface area contributed by atoms with Crippen LogP contribution in [0.4, 0.5) is 0 Å². The maximum Gasteiger partial charge on any atom is 0.254 e. The summed E-state index contributed by atoms with van der Waals surface area (Å²) >= 11 is 0. The van der Waals surface area contributed by atoms with Crippen LogP contribution in [0.1, 0.15) is 42.2 Å². The van der Waals surface area contributed by atoms with Crippen LogP contribution in [0.15, 0.2) is 18.3 Å². The number of nitrogens with zero attached hydrogens (tertiary/aromatic N) is 3. The molecule has 7 heteroatoms. The highest BCUT2D eigenvalue weighted by molar-refractivity contribution is 5.94. The summed E-state index contributed by atoms with van der Waals surface area (Å²) < 4.78 is 0. The van der Waals surface area contributed by atoms with E-state index in [0.717, 1.165) is 18.8 Å². The van der Waals surface area contributed by atoms with Gasteiger partial charge in [0.15, 0.2) is 0 Å². The molecule has 0 aliphatic carbocycles. The van der Waals surface area contributed by atoms with Crippen LogP contribution in [0, 0.1) is 0 Å². The Kier molecular flexibility index (Phi) is 7.74. The number of hydrogen-bond donors (Lipinski definition) is 1. The fourth-order valence-corrected chi connectivity index (χ4v) is 3.52. The minimum Gasteiger partial charge on any atom is -0.333 e. The number of halogens is 2. The Balaban J connectivity index is 0.00000132. The number of carbonyl (C=O) groups is 1. The maximum atomic E-state index is 12.8. The van der Waals surface area contributed by atoms with Gasteiger partial charge in [-0.1, -0.05) is 6.42 Å². The van der Waals surface area contributed by atoms with E-state index in [1.165, 1.54) is 25.8 Å². The van der Waals surface area contributed by atoms with E-state index in [1.54, 1.807) is 12.3 Å². The number of amides is 1. The predicted octanol–water partition coefficient (Wildman–Crippen LogP) is 2.08. The van der Waals surface area contributed by atoms with Crippen molar-refractivity contribution in [1.82, 2.24) is 14.8 Å². The third kappa shape index (κ3) is 4.35. The number of hydrogen-bond acceptors (Lipinski definition) is 4. The van der Waals surface area contributed by atoms with Gasteiger partial charge in [0.25, 0.3) is 5.91 Å². The third-order valence-corrected chi connectivity index (χ3v) is 4.72. The predicted molar refractivity (Wildman–Crippen MR) is 96.3 cm³/mol.